The van der Waals surface area contributed by atoms with Crippen molar-refractivity contribution in [2.75, 3.05) is 26.8 Å². The van der Waals surface area contributed by atoms with Crippen LogP contribution < -0.4 is 9.47 Å². The van der Waals surface area contributed by atoms with E-state index in [1.54, 1.807) is 7.11 Å². The predicted octanol–water partition coefficient (Wildman–Crippen LogP) is 3.81. The molecule has 0 N–H and O–H groups in total. The second-order valence-electron chi connectivity index (χ2n) is 5.53. The second-order valence-corrected chi connectivity index (χ2v) is 5.53. The normalized spacial score (nSPS) is 10.4. The van der Waals surface area contributed by atoms with Crippen LogP contribution in [-0.4, -0.2) is 37.6 Å². The fourth-order valence-electron chi connectivity index (χ4n) is 2.18. The highest BCUT2D eigenvalue weighted by Crippen LogP contribution is 2.27. The lowest BCUT2D eigenvalue weighted by atomic mass is 10.2. The van der Waals surface area contributed by atoms with E-state index < -0.39 is 0 Å². The maximum atomic E-state index is 12.4. The molecule has 0 aromatic heterocycles. The van der Waals surface area contributed by atoms with Gasteiger partial charge in [0.1, 0.15) is 0 Å². The van der Waals surface area contributed by atoms with Gasteiger partial charge in [0, 0.05) is 13.1 Å². The van der Waals surface area contributed by atoms with E-state index in [2.05, 4.69) is 13.8 Å². The number of hydrogen-bond acceptors (Lipinski definition) is 3. The molecule has 0 radical (unpaired) electrons. The van der Waals surface area contributed by atoms with Crippen LogP contribution in [0.1, 0.15) is 45.1 Å². The zero-order chi connectivity index (χ0) is 16.4. The summed E-state index contributed by atoms with van der Waals surface area (Å²) in [6.45, 7) is 7.95. The molecule has 22 heavy (non-hydrogen) atoms. The van der Waals surface area contributed by atoms with Crippen molar-refractivity contribution in [3.8, 4) is 11.5 Å². The third-order valence-electron chi connectivity index (χ3n) is 3.59. The molecule has 1 rings (SSSR count). The SMILES string of the molecule is CCCCN(CCCC)C(=O)COc1ccc(C)cc1OC. The molecular weight excluding hydrogens is 278 g/mol. The molecule has 1 aromatic carbocycles. The number of methoxy groups -OCH3 is 1. The first kappa shape index (κ1) is 18.3. The molecule has 0 fully saturated rings. The summed E-state index contributed by atoms with van der Waals surface area (Å²) < 4.78 is 11.0. The number of ether oxygens (including phenoxy) is 2. The van der Waals surface area contributed by atoms with Gasteiger partial charge >= 0.3 is 0 Å². The van der Waals surface area contributed by atoms with Gasteiger partial charge in [0.05, 0.1) is 7.11 Å². The van der Waals surface area contributed by atoms with E-state index in [0.717, 1.165) is 44.3 Å². The number of aryl methyl sites for hydroxylation is 1. The molecule has 0 bridgehead atoms. The minimum absolute atomic E-state index is 0.0459. The van der Waals surface area contributed by atoms with Crippen molar-refractivity contribution in [3.63, 3.8) is 0 Å². The number of nitrogens with zero attached hydrogens (tertiary/aromatic N) is 1. The summed E-state index contributed by atoms with van der Waals surface area (Å²) in [5.74, 6) is 1.33. The smallest absolute Gasteiger partial charge is 0.260 e. The van der Waals surface area contributed by atoms with Gasteiger partial charge in [-0.2, -0.15) is 0 Å². The summed E-state index contributed by atoms with van der Waals surface area (Å²) in [4.78, 5) is 14.3. The average molecular weight is 307 g/mol. The van der Waals surface area contributed by atoms with E-state index in [0.29, 0.717) is 11.5 Å². The molecule has 1 aromatic rings. The Labute approximate surface area is 134 Å². The monoisotopic (exact) mass is 307 g/mol. The van der Waals surface area contributed by atoms with Crippen molar-refractivity contribution in [2.24, 2.45) is 0 Å². The molecule has 0 aliphatic heterocycles. The molecule has 1 amide bonds. The van der Waals surface area contributed by atoms with Crippen molar-refractivity contribution < 1.29 is 14.3 Å². The Morgan fingerprint density at radius 2 is 1.73 bits per heavy atom. The predicted molar refractivity (Wildman–Crippen MR) is 89.6 cm³/mol. The van der Waals surface area contributed by atoms with Crippen LogP contribution in [0.4, 0.5) is 0 Å². The summed E-state index contributed by atoms with van der Waals surface area (Å²) in [5.41, 5.74) is 1.10. The van der Waals surface area contributed by atoms with Crippen LogP contribution in [0.15, 0.2) is 18.2 Å². The summed E-state index contributed by atoms with van der Waals surface area (Å²) >= 11 is 0. The van der Waals surface area contributed by atoms with Crippen LogP contribution in [0.3, 0.4) is 0 Å². The van der Waals surface area contributed by atoms with Gasteiger partial charge in [-0.05, 0) is 37.5 Å². The van der Waals surface area contributed by atoms with Crippen LogP contribution in [0.5, 0.6) is 11.5 Å². The minimum atomic E-state index is 0.0459. The van der Waals surface area contributed by atoms with Gasteiger partial charge in [-0.25, -0.2) is 0 Å². The van der Waals surface area contributed by atoms with Gasteiger partial charge in [0.2, 0.25) is 0 Å². The van der Waals surface area contributed by atoms with Crippen LogP contribution in [-0.2, 0) is 4.79 Å². The fraction of sp³-hybridized carbons (Fsp3) is 0.611. The number of hydrogen-bond donors (Lipinski definition) is 0. The first-order chi connectivity index (χ1) is 10.6. The number of benzene rings is 1. The van der Waals surface area contributed by atoms with Crippen molar-refractivity contribution in [1.29, 1.82) is 0 Å². The minimum Gasteiger partial charge on any atom is -0.493 e. The number of rotatable bonds is 10. The molecule has 0 heterocycles. The zero-order valence-electron chi connectivity index (χ0n) is 14.4. The number of amides is 1. The van der Waals surface area contributed by atoms with Crippen LogP contribution in [0.2, 0.25) is 0 Å². The highest BCUT2D eigenvalue weighted by molar-refractivity contribution is 5.77. The standard InChI is InChI=1S/C18H29NO3/c1-5-7-11-19(12-8-6-2)18(20)14-22-16-10-9-15(3)13-17(16)21-4/h9-10,13H,5-8,11-12,14H2,1-4H3. The largest absolute Gasteiger partial charge is 0.493 e. The Bertz CT molecular complexity index is 452. The Hall–Kier alpha value is -1.71. The highest BCUT2D eigenvalue weighted by Gasteiger charge is 2.14. The third-order valence-corrected chi connectivity index (χ3v) is 3.59. The van der Waals surface area contributed by atoms with Crippen LogP contribution >= 0.6 is 0 Å². The molecule has 0 atom stereocenters. The van der Waals surface area contributed by atoms with Crippen molar-refractivity contribution in [2.45, 2.75) is 46.5 Å². The molecule has 0 saturated heterocycles. The summed E-state index contributed by atoms with van der Waals surface area (Å²) in [6, 6.07) is 5.71. The van der Waals surface area contributed by atoms with E-state index in [1.165, 1.54) is 0 Å². The fourth-order valence-corrected chi connectivity index (χ4v) is 2.18. The highest BCUT2D eigenvalue weighted by atomic mass is 16.5. The quantitative estimate of drug-likeness (QED) is 0.660. The number of carbonyl (C=O) groups excluding carboxylic acids is 1. The van der Waals surface area contributed by atoms with Crippen LogP contribution in [0, 0.1) is 6.92 Å². The van der Waals surface area contributed by atoms with Gasteiger partial charge in [-0.1, -0.05) is 32.8 Å². The third kappa shape index (κ3) is 5.96. The molecule has 4 nitrogen and oxygen atoms in total. The molecular formula is C18H29NO3. The molecule has 0 spiro atoms. The first-order valence-corrected chi connectivity index (χ1v) is 8.17. The Morgan fingerprint density at radius 1 is 1.09 bits per heavy atom. The maximum Gasteiger partial charge on any atom is 0.260 e. The van der Waals surface area contributed by atoms with Crippen molar-refractivity contribution in [1.82, 2.24) is 4.90 Å². The zero-order valence-corrected chi connectivity index (χ0v) is 14.4. The van der Waals surface area contributed by atoms with Gasteiger partial charge < -0.3 is 14.4 Å². The Kier molecular flexibility index (Phi) is 8.41. The summed E-state index contributed by atoms with van der Waals surface area (Å²) in [7, 11) is 1.61. The number of carbonyl (C=O) groups is 1. The van der Waals surface area contributed by atoms with Crippen LogP contribution in [0.25, 0.3) is 0 Å². The van der Waals surface area contributed by atoms with Crippen molar-refractivity contribution in [3.05, 3.63) is 23.8 Å². The second kappa shape index (κ2) is 10.1. The first-order valence-electron chi connectivity index (χ1n) is 8.17. The van der Waals surface area contributed by atoms with E-state index in [4.69, 9.17) is 9.47 Å². The lowest BCUT2D eigenvalue weighted by molar-refractivity contribution is -0.133. The van der Waals surface area contributed by atoms with E-state index in [-0.39, 0.29) is 12.5 Å². The molecule has 0 aliphatic carbocycles. The van der Waals surface area contributed by atoms with Gasteiger partial charge in [0.15, 0.2) is 18.1 Å². The van der Waals surface area contributed by atoms with E-state index in [1.807, 2.05) is 30.0 Å². The van der Waals surface area contributed by atoms with E-state index >= 15 is 0 Å². The molecule has 0 saturated carbocycles. The maximum absolute atomic E-state index is 12.4. The summed E-state index contributed by atoms with van der Waals surface area (Å²) in [5, 5.41) is 0. The lowest BCUT2D eigenvalue weighted by Crippen LogP contribution is -2.36. The lowest BCUT2D eigenvalue weighted by Gasteiger charge is -2.22. The Morgan fingerprint density at radius 3 is 2.27 bits per heavy atom. The average Bonchev–Trinajstić information content (AvgIpc) is 2.53. The summed E-state index contributed by atoms with van der Waals surface area (Å²) in [6.07, 6.45) is 4.23. The molecule has 0 aliphatic rings. The van der Waals surface area contributed by atoms with Gasteiger partial charge in [-0.3, -0.25) is 4.79 Å². The Balaban J connectivity index is 2.61. The van der Waals surface area contributed by atoms with Gasteiger partial charge in [-0.15, -0.1) is 0 Å². The topological polar surface area (TPSA) is 38.8 Å². The molecule has 4 heteroatoms. The molecule has 124 valence electrons. The number of unbranched alkanes of at least 4 members (excludes halogenated alkanes) is 2. The molecule has 0 unspecified atom stereocenters. The van der Waals surface area contributed by atoms with Gasteiger partial charge in [0.25, 0.3) is 5.91 Å². The van der Waals surface area contributed by atoms with Crippen molar-refractivity contribution >= 4 is 5.91 Å². The van der Waals surface area contributed by atoms with E-state index in [9.17, 15) is 4.79 Å².